The molecule has 2 amide bonds. The van der Waals surface area contributed by atoms with Gasteiger partial charge in [-0.2, -0.15) is 0 Å². The Morgan fingerprint density at radius 1 is 0.818 bits per heavy atom. The quantitative estimate of drug-likeness (QED) is 0.586. The van der Waals surface area contributed by atoms with Crippen LogP contribution in [-0.4, -0.2) is 18.6 Å². The Bertz CT molecular complexity index is 1370. The van der Waals surface area contributed by atoms with Crippen molar-refractivity contribution >= 4 is 28.8 Å². The molecule has 5 rings (SSSR count). The van der Waals surface area contributed by atoms with E-state index in [1.54, 1.807) is 24.3 Å². The van der Waals surface area contributed by atoms with E-state index in [1.165, 1.54) is 6.07 Å². The van der Waals surface area contributed by atoms with Crippen LogP contribution < -0.4 is 19.7 Å². The molecule has 2 aliphatic heterocycles. The minimum atomic E-state index is -1.15. The Balaban J connectivity index is 1.62. The van der Waals surface area contributed by atoms with Gasteiger partial charge in [0.1, 0.15) is 5.70 Å². The highest BCUT2D eigenvalue weighted by Gasteiger charge is 2.40. The van der Waals surface area contributed by atoms with Gasteiger partial charge in [-0.05, 0) is 54.8 Å². The van der Waals surface area contributed by atoms with Crippen molar-refractivity contribution in [1.82, 2.24) is 0 Å². The van der Waals surface area contributed by atoms with Gasteiger partial charge in [0.2, 0.25) is 6.79 Å². The molecular formula is C25H18F2N2O4. The maximum atomic E-state index is 13.9. The number of nitrogens with one attached hydrogen (secondary N) is 1. The van der Waals surface area contributed by atoms with Crippen molar-refractivity contribution in [3.8, 4) is 11.5 Å². The number of nitrogens with zero attached hydrogens (tertiary/aromatic N) is 1. The predicted octanol–water partition coefficient (Wildman–Crippen LogP) is 4.71. The van der Waals surface area contributed by atoms with E-state index >= 15 is 0 Å². The number of carbonyl (C=O) groups excluding carboxylic acids is 2. The molecule has 166 valence electrons. The Morgan fingerprint density at radius 3 is 2.36 bits per heavy atom. The first kappa shape index (κ1) is 20.7. The molecule has 0 saturated heterocycles. The third kappa shape index (κ3) is 3.49. The van der Waals surface area contributed by atoms with Gasteiger partial charge >= 0.3 is 0 Å². The SMILES string of the molecule is Cc1ccc(C2=C(Nc3ccc4c(c3)OCO4)C(=O)N(c3ccc(F)c(F)c3)C2=O)cc1C. The van der Waals surface area contributed by atoms with Crippen LogP contribution in [0, 0.1) is 25.5 Å². The van der Waals surface area contributed by atoms with E-state index in [9.17, 15) is 18.4 Å². The van der Waals surface area contributed by atoms with Gasteiger partial charge in [0.05, 0.1) is 11.3 Å². The number of carbonyl (C=O) groups is 2. The fraction of sp³-hybridized carbons (Fsp3) is 0.120. The van der Waals surface area contributed by atoms with Gasteiger partial charge in [-0.25, -0.2) is 13.7 Å². The normalized spacial score (nSPS) is 15.0. The standard InChI is InChI=1S/C25H18F2N2O4/c1-13-3-4-15(9-14(13)2)22-23(28-16-5-8-20-21(10-16)33-12-32-20)25(31)29(24(22)30)17-6-7-18(26)19(27)11-17/h3-11,28H,12H2,1-2H3. The minimum Gasteiger partial charge on any atom is -0.454 e. The second-order valence-electron chi connectivity index (χ2n) is 7.79. The number of anilines is 2. The Kier molecular flexibility index (Phi) is 4.85. The monoisotopic (exact) mass is 448 g/mol. The molecule has 0 radical (unpaired) electrons. The molecule has 6 nitrogen and oxygen atoms in total. The van der Waals surface area contributed by atoms with Crippen LogP contribution in [0.5, 0.6) is 11.5 Å². The first-order valence-corrected chi connectivity index (χ1v) is 10.2. The summed E-state index contributed by atoms with van der Waals surface area (Å²) >= 11 is 0. The topological polar surface area (TPSA) is 67.9 Å². The molecule has 0 aromatic heterocycles. The number of amides is 2. The van der Waals surface area contributed by atoms with Gasteiger partial charge in [-0.3, -0.25) is 9.59 Å². The van der Waals surface area contributed by atoms with E-state index < -0.39 is 23.4 Å². The molecule has 0 aliphatic carbocycles. The second-order valence-corrected chi connectivity index (χ2v) is 7.79. The third-order valence-electron chi connectivity index (χ3n) is 5.68. The molecule has 0 bridgehead atoms. The molecule has 0 fully saturated rings. The number of benzene rings is 3. The highest BCUT2D eigenvalue weighted by Crippen LogP contribution is 2.38. The van der Waals surface area contributed by atoms with Crippen LogP contribution in [0.2, 0.25) is 0 Å². The smallest absolute Gasteiger partial charge is 0.282 e. The first-order valence-electron chi connectivity index (χ1n) is 10.2. The summed E-state index contributed by atoms with van der Waals surface area (Å²) in [5.74, 6) is -2.48. The summed E-state index contributed by atoms with van der Waals surface area (Å²) < 4.78 is 38.1. The fourth-order valence-corrected chi connectivity index (χ4v) is 3.79. The fourth-order valence-electron chi connectivity index (χ4n) is 3.79. The largest absolute Gasteiger partial charge is 0.454 e. The van der Waals surface area contributed by atoms with E-state index in [0.29, 0.717) is 22.7 Å². The maximum absolute atomic E-state index is 13.9. The third-order valence-corrected chi connectivity index (χ3v) is 5.68. The summed E-state index contributed by atoms with van der Waals surface area (Å²) in [6.45, 7) is 3.93. The van der Waals surface area contributed by atoms with E-state index in [0.717, 1.165) is 28.2 Å². The molecule has 0 unspecified atom stereocenters. The van der Waals surface area contributed by atoms with Crippen molar-refractivity contribution in [1.29, 1.82) is 0 Å². The lowest BCUT2D eigenvalue weighted by Gasteiger charge is -2.15. The zero-order chi connectivity index (χ0) is 23.3. The van der Waals surface area contributed by atoms with E-state index in [2.05, 4.69) is 5.32 Å². The summed E-state index contributed by atoms with van der Waals surface area (Å²) in [6, 6.07) is 13.3. The summed E-state index contributed by atoms with van der Waals surface area (Å²) in [7, 11) is 0. The van der Waals surface area contributed by atoms with E-state index in [4.69, 9.17) is 9.47 Å². The Hall–Kier alpha value is -4.20. The Labute approximate surface area is 188 Å². The van der Waals surface area contributed by atoms with Gasteiger partial charge in [-0.15, -0.1) is 0 Å². The Morgan fingerprint density at radius 2 is 1.61 bits per heavy atom. The van der Waals surface area contributed by atoms with Gasteiger partial charge in [0, 0.05) is 17.8 Å². The number of hydrogen-bond acceptors (Lipinski definition) is 5. The van der Waals surface area contributed by atoms with Gasteiger partial charge < -0.3 is 14.8 Å². The maximum Gasteiger partial charge on any atom is 0.282 e. The highest BCUT2D eigenvalue weighted by atomic mass is 19.2. The molecule has 0 saturated carbocycles. The zero-order valence-electron chi connectivity index (χ0n) is 17.7. The molecule has 0 spiro atoms. The molecule has 1 N–H and O–H groups in total. The summed E-state index contributed by atoms with van der Waals surface area (Å²) in [6.07, 6.45) is 0. The van der Waals surface area contributed by atoms with Gasteiger partial charge in [0.25, 0.3) is 11.8 Å². The molecule has 0 atom stereocenters. The van der Waals surface area contributed by atoms with Crippen LogP contribution in [0.15, 0.2) is 60.3 Å². The number of imide groups is 1. The summed E-state index contributed by atoms with van der Waals surface area (Å²) in [4.78, 5) is 27.7. The molecule has 33 heavy (non-hydrogen) atoms. The average molecular weight is 448 g/mol. The lowest BCUT2D eigenvalue weighted by Crippen LogP contribution is -2.32. The molecule has 8 heteroatoms. The number of ether oxygens (including phenoxy) is 2. The van der Waals surface area contributed by atoms with Crippen molar-refractivity contribution in [3.05, 3.63) is 88.6 Å². The second kappa shape index (κ2) is 7.74. The lowest BCUT2D eigenvalue weighted by molar-refractivity contribution is -0.120. The van der Waals surface area contributed by atoms with E-state index in [-0.39, 0.29) is 23.8 Å². The molecule has 2 aliphatic rings. The predicted molar refractivity (Wildman–Crippen MR) is 118 cm³/mol. The van der Waals surface area contributed by atoms with Crippen molar-refractivity contribution < 1.29 is 27.8 Å². The van der Waals surface area contributed by atoms with Crippen LogP contribution in [0.4, 0.5) is 20.2 Å². The van der Waals surface area contributed by atoms with Crippen LogP contribution >= 0.6 is 0 Å². The molecular weight excluding hydrogens is 430 g/mol. The van der Waals surface area contributed by atoms with Crippen molar-refractivity contribution in [2.24, 2.45) is 0 Å². The van der Waals surface area contributed by atoms with Crippen LogP contribution in [0.1, 0.15) is 16.7 Å². The van der Waals surface area contributed by atoms with E-state index in [1.807, 2.05) is 26.0 Å². The minimum absolute atomic E-state index is 0.0202. The van der Waals surface area contributed by atoms with Crippen molar-refractivity contribution in [2.45, 2.75) is 13.8 Å². The molecule has 2 heterocycles. The summed E-state index contributed by atoms with van der Waals surface area (Å²) in [5, 5.41) is 3.02. The number of fused-ring (bicyclic) bond motifs is 1. The van der Waals surface area contributed by atoms with Crippen LogP contribution in [0.25, 0.3) is 5.57 Å². The van der Waals surface area contributed by atoms with Crippen LogP contribution in [-0.2, 0) is 9.59 Å². The first-order chi connectivity index (χ1) is 15.8. The molecule has 3 aromatic carbocycles. The number of halogens is 2. The van der Waals surface area contributed by atoms with Crippen LogP contribution in [0.3, 0.4) is 0 Å². The number of rotatable bonds is 4. The zero-order valence-corrected chi connectivity index (χ0v) is 17.7. The molecule has 3 aromatic rings. The average Bonchev–Trinajstić information content (AvgIpc) is 3.34. The van der Waals surface area contributed by atoms with Crippen molar-refractivity contribution in [3.63, 3.8) is 0 Å². The number of aryl methyl sites for hydroxylation is 2. The number of hydrogen-bond donors (Lipinski definition) is 1. The van der Waals surface area contributed by atoms with Gasteiger partial charge in [0.15, 0.2) is 23.1 Å². The summed E-state index contributed by atoms with van der Waals surface area (Å²) in [5.41, 5.74) is 3.09. The van der Waals surface area contributed by atoms with Crippen molar-refractivity contribution in [2.75, 3.05) is 17.0 Å². The lowest BCUT2D eigenvalue weighted by atomic mass is 9.99. The highest BCUT2D eigenvalue weighted by molar-refractivity contribution is 6.46. The van der Waals surface area contributed by atoms with Gasteiger partial charge in [-0.1, -0.05) is 18.2 Å².